The lowest BCUT2D eigenvalue weighted by molar-refractivity contribution is 0.0480. The number of hydrogen-bond acceptors (Lipinski definition) is 2. The van der Waals surface area contributed by atoms with Crippen LogP contribution >= 0.6 is 0 Å². The Hall–Kier alpha value is -0.0800. The molecule has 0 bridgehead atoms. The molecule has 0 radical (unpaired) electrons. The zero-order chi connectivity index (χ0) is 14.0. The van der Waals surface area contributed by atoms with Crippen molar-refractivity contribution in [2.75, 3.05) is 19.8 Å². The molecule has 0 fully saturated rings. The van der Waals surface area contributed by atoms with Crippen molar-refractivity contribution in [3.63, 3.8) is 0 Å². The van der Waals surface area contributed by atoms with Crippen molar-refractivity contribution in [1.29, 1.82) is 0 Å². The van der Waals surface area contributed by atoms with Gasteiger partial charge in [0.25, 0.3) is 0 Å². The maximum Gasteiger partial charge on any atom is 0.0494 e. The summed E-state index contributed by atoms with van der Waals surface area (Å²) in [6, 6.07) is 0. The molecule has 0 amide bonds. The SMILES string of the molecule is CCC(COCC(C)C(CC)CC)CC(C)CO. The molecule has 0 aromatic heterocycles. The third kappa shape index (κ3) is 7.38. The molecule has 3 unspecified atom stereocenters. The van der Waals surface area contributed by atoms with Gasteiger partial charge in [0.2, 0.25) is 0 Å². The van der Waals surface area contributed by atoms with Gasteiger partial charge in [-0.3, -0.25) is 0 Å². The first-order valence-electron chi connectivity index (χ1n) is 7.77. The van der Waals surface area contributed by atoms with Crippen LogP contribution in [-0.4, -0.2) is 24.9 Å². The summed E-state index contributed by atoms with van der Waals surface area (Å²) in [5.74, 6) is 2.45. The van der Waals surface area contributed by atoms with Crippen molar-refractivity contribution in [3.05, 3.63) is 0 Å². The lowest BCUT2D eigenvalue weighted by atomic mass is 9.90. The second kappa shape index (κ2) is 10.8. The largest absolute Gasteiger partial charge is 0.396 e. The fourth-order valence-electron chi connectivity index (χ4n) is 2.65. The van der Waals surface area contributed by atoms with Crippen molar-refractivity contribution in [1.82, 2.24) is 0 Å². The minimum atomic E-state index is 0.292. The normalized spacial score (nSPS) is 16.8. The average Bonchev–Trinajstić information content (AvgIpc) is 2.38. The summed E-state index contributed by atoms with van der Waals surface area (Å²) in [7, 11) is 0. The predicted octanol–water partition coefficient (Wildman–Crippen LogP) is 4.12. The van der Waals surface area contributed by atoms with Gasteiger partial charge in [0.15, 0.2) is 0 Å². The molecule has 0 saturated carbocycles. The Labute approximate surface area is 114 Å². The molecule has 0 aliphatic rings. The number of aliphatic hydroxyl groups is 1. The molecule has 0 rings (SSSR count). The van der Waals surface area contributed by atoms with Crippen LogP contribution in [0, 0.1) is 23.7 Å². The van der Waals surface area contributed by atoms with E-state index in [1.165, 1.54) is 12.8 Å². The molecule has 2 nitrogen and oxygen atoms in total. The van der Waals surface area contributed by atoms with Gasteiger partial charge in [0, 0.05) is 19.8 Å². The summed E-state index contributed by atoms with van der Waals surface area (Å²) in [5, 5.41) is 9.09. The molecule has 0 spiro atoms. The zero-order valence-electron chi connectivity index (χ0n) is 13.1. The summed E-state index contributed by atoms with van der Waals surface area (Å²) in [6.45, 7) is 13.2. The molecule has 0 aromatic rings. The van der Waals surface area contributed by atoms with Crippen molar-refractivity contribution >= 4 is 0 Å². The maximum atomic E-state index is 9.09. The van der Waals surface area contributed by atoms with E-state index in [1.807, 2.05) is 0 Å². The summed E-state index contributed by atoms with van der Waals surface area (Å²) in [6.07, 6.45) is 4.72. The van der Waals surface area contributed by atoms with E-state index >= 15 is 0 Å². The fourth-order valence-corrected chi connectivity index (χ4v) is 2.65. The number of ether oxygens (including phenoxy) is 1. The van der Waals surface area contributed by atoms with Gasteiger partial charge < -0.3 is 9.84 Å². The second-order valence-electron chi connectivity index (χ2n) is 5.89. The van der Waals surface area contributed by atoms with Gasteiger partial charge in [0.1, 0.15) is 0 Å². The van der Waals surface area contributed by atoms with Crippen LogP contribution in [0.4, 0.5) is 0 Å². The molecule has 3 atom stereocenters. The molecule has 0 aliphatic carbocycles. The first-order chi connectivity index (χ1) is 8.58. The van der Waals surface area contributed by atoms with E-state index in [1.54, 1.807) is 0 Å². The number of aliphatic hydroxyl groups excluding tert-OH is 1. The lowest BCUT2D eigenvalue weighted by Crippen LogP contribution is -2.20. The average molecular weight is 258 g/mol. The third-order valence-electron chi connectivity index (χ3n) is 4.21. The van der Waals surface area contributed by atoms with Crippen LogP contribution in [0.1, 0.15) is 60.3 Å². The van der Waals surface area contributed by atoms with Crippen molar-refractivity contribution in [3.8, 4) is 0 Å². The Morgan fingerprint density at radius 1 is 0.944 bits per heavy atom. The molecule has 1 N–H and O–H groups in total. The van der Waals surface area contributed by atoms with E-state index in [2.05, 4.69) is 34.6 Å². The monoisotopic (exact) mass is 258 g/mol. The Balaban J connectivity index is 3.85. The van der Waals surface area contributed by atoms with Gasteiger partial charge >= 0.3 is 0 Å². The highest BCUT2D eigenvalue weighted by atomic mass is 16.5. The topological polar surface area (TPSA) is 29.5 Å². The van der Waals surface area contributed by atoms with Gasteiger partial charge in [-0.25, -0.2) is 0 Å². The van der Waals surface area contributed by atoms with Gasteiger partial charge in [-0.05, 0) is 30.1 Å². The first-order valence-corrected chi connectivity index (χ1v) is 7.77. The quantitative estimate of drug-likeness (QED) is 0.604. The molecule has 18 heavy (non-hydrogen) atoms. The minimum Gasteiger partial charge on any atom is -0.396 e. The van der Waals surface area contributed by atoms with Crippen molar-refractivity contribution < 1.29 is 9.84 Å². The molecule has 0 aromatic carbocycles. The Bertz CT molecular complexity index is 178. The van der Waals surface area contributed by atoms with Crippen molar-refractivity contribution in [2.45, 2.75) is 60.3 Å². The van der Waals surface area contributed by atoms with Crippen LogP contribution in [0.25, 0.3) is 0 Å². The van der Waals surface area contributed by atoms with Gasteiger partial charge in [0.05, 0.1) is 0 Å². The predicted molar refractivity (Wildman–Crippen MR) is 78.7 cm³/mol. The third-order valence-corrected chi connectivity index (χ3v) is 4.21. The highest BCUT2D eigenvalue weighted by Crippen LogP contribution is 2.21. The molecule has 0 aliphatic heterocycles. The maximum absolute atomic E-state index is 9.09. The van der Waals surface area contributed by atoms with E-state index in [0.717, 1.165) is 32.0 Å². The summed E-state index contributed by atoms with van der Waals surface area (Å²) >= 11 is 0. The Morgan fingerprint density at radius 2 is 1.56 bits per heavy atom. The Kier molecular flexibility index (Phi) is 10.8. The van der Waals surface area contributed by atoms with Crippen LogP contribution in [0.2, 0.25) is 0 Å². The molecular weight excluding hydrogens is 224 g/mol. The molecular formula is C16H34O2. The number of rotatable bonds is 11. The van der Waals surface area contributed by atoms with E-state index in [-0.39, 0.29) is 0 Å². The zero-order valence-corrected chi connectivity index (χ0v) is 13.1. The van der Waals surface area contributed by atoms with E-state index < -0.39 is 0 Å². The van der Waals surface area contributed by atoms with Crippen LogP contribution in [-0.2, 0) is 4.74 Å². The molecule has 0 saturated heterocycles. The lowest BCUT2D eigenvalue weighted by Gasteiger charge is -2.23. The van der Waals surface area contributed by atoms with Gasteiger partial charge in [-0.15, -0.1) is 0 Å². The van der Waals surface area contributed by atoms with E-state index in [9.17, 15) is 0 Å². The molecule has 0 heterocycles. The summed E-state index contributed by atoms with van der Waals surface area (Å²) < 4.78 is 5.90. The number of hydrogen-bond donors (Lipinski definition) is 1. The standard InChI is InChI=1S/C16H34O2/c1-6-15(9-13(4)10-17)12-18-11-14(5)16(7-2)8-3/h13-17H,6-12H2,1-5H3. The second-order valence-corrected chi connectivity index (χ2v) is 5.89. The molecule has 110 valence electrons. The first kappa shape index (κ1) is 17.9. The van der Waals surface area contributed by atoms with Crippen molar-refractivity contribution in [2.24, 2.45) is 23.7 Å². The highest BCUT2D eigenvalue weighted by Gasteiger charge is 2.15. The highest BCUT2D eigenvalue weighted by molar-refractivity contribution is 4.65. The minimum absolute atomic E-state index is 0.292. The van der Waals surface area contributed by atoms with Gasteiger partial charge in [-0.1, -0.05) is 53.9 Å². The van der Waals surface area contributed by atoms with Crippen LogP contribution in [0.15, 0.2) is 0 Å². The van der Waals surface area contributed by atoms with E-state index in [0.29, 0.717) is 24.4 Å². The molecule has 2 heteroatoms. The summed E-state index contributed by atoms with van der Waals surface area (Å²) in [5.41, 5.74) is 0. The van der Waals surface area contributed by atoms with Gasteiger partial charge in [-0.2, -0.15) is 0 Å². The van der Waals surface area contributed by atoms with Crippen LogP contribution in [0.5, 0.6) is 0 Å². The summed E-state index contributed by atoms with van der Waals surface area (Å²) in [4.78, 5) is 0. The van der Waals surface area contributed by atoms with Crippen LogP contribution < -0.4 is 0 Å². The Morgan fingerprint density at radius 3 is 2.00 bits per heavy atom. The van der Waals surface area contributed by atoms with Crippen LogP contribution in [0.3, 0.4) is 0 Å². The van der Waals surface area contributed by atoms with E-state index in [4.69, 9.17) is 9.84 Å². The smallest absolute Gasteiger partial charge is 0.0494 e. The fraction of sp³-hybridized carbons (Fsp3) is 1.00.